The second kappa shape index (κ2) is 10.3. The molecule has 0 N–H and O–H groups in total. The Balaban J connectivity index is 1.62. The third-order valence-electron chi connectivity index (χ3n) is 4.81. The fourth-order valence-electron chi connectivity index (χ4n) is 2.98. The van der Waals surface area contributed by atoms with Crippen molar-refractivity contribution < 1.29 is 14.3 Å². The minimum absolute atomic E-state index is 0.0830. The Morgan fingerprint density at radius 3 is 2.57 bits per heavy atom. The zero-order chi connectivity index (χ0) is 21.7. The Hall–Kier alpha value is -2.02. The van der Waals surface area contributed by atoms with Crippen LogP contribution in [0.5, 0.6) is 11.5 Å². The number of amides is 1. The van der Waals surface area contributed by atoms with Crippen LogP contribution in [0.3, 0.4) is 0 Å². The van der Waals surface area contributed by atoms with Crippen LogP contribution >= 0.6 is 35.6 Å². The van der Waals surface area contributed by atoms with Crippen LogP contribution in [-0.2, 0) is 4.79 Å². The molecule has 1 heterocycles. The molecule has 1 amide bonds. The number of ether oxygens (including phenoxy) is 2. The molecule has 0 unspecified atom stereocenters. The molecule has 7 heteroatoms. The van der Waals surface area contributed by atoms with Crippen molar-refractivity contribution in [3.63, 3.8) is 0 Å². The lowest BCUT2D eigenvalue weighted by molar-refractivity contribution is -0.121. The zero-order valence-electron chi connectivity index (χ0n) is 17.2. The second-order valence-electron chi connectivity index (χ2n) is 6.86. The van der Waals surface area contributed by atoms with Gasteiger partial charge in [-0.1, -0.05) is 47.7 Å². The van der Waals surface area contributed by atoms with Crippen molar-refractivity contribution in [2.45, 2.75) is 27.2 Å². The lowest BCUT2D eigenvalue weighted by atomic mass is 10.1. The molecule has 158 valence electrons. The van der Waals surface area contributed by atoms with Gasteiger partial charge in [-0.3, -0.25) is 9.69 Å². The van der Waals surface area contributed by atoms with Gasteiger partial charge in [-0.25, -0.2) is 0 Å². The number of carbonyl (C=O) groups excluding carboxylic acids is 1. The SMILES string of the molecule is CCN1C(=O)C(=Cc2cc(Cl)ccc2OCCCOc2cccc(C)c2C)SC1=S. The third kappa shape index (κ3) is 5.36. The number of nitrogens with zero attached hydrogens (tertiary/aromatic N) is 1. The van der Waals surface area contributed by atoms with Crippen LogP contribution in [0.4, 0.5) is 0 Å². The summed E-state index contributed by atoms with van der Waals surface area (Å²) in [6, 6.07) is 11.4. The number of likely N-dealkylation sites (N-methyl/N-ethyl adjacent to an activating group) is 1. The number of carbonyl (C=O) groups is 1. The highest BCUT2D eigenvalue weighted by Crippen LogP contribution is 2.35. The first-order valence-corrected chi connectivity index (χ1v) is 11.4. The molecule has 3 rings (SSSR count). The van der Waals surface area contributed by atoms with E-state index in [-0.39, 0.29) is 5.91 Å². The van der Waals surface area contributed by atoms with E-state index in [0.29, 0.717) is 39.8 Å². The highest BCUT2D eigenvalue weighted by Gasteiger charge is 2.30. The van der Waals surface area contributed by atoms with E-state index in [0.717, 1.165) is 23.3 Å². The number of thiocarbonyl (C=S) groups is 1. The van der Waals surface area contributed by atoms with Crippen LogP contribution in [0.25, 0.3) is 6.08 Å². The van der Waals surface area contributed by atoms with Gasteiger partial charge in [-0.15, -0.1) is 0 Å². The summed E-state index contributed by atoms with van der Waals surface area (Å²) < 4.78 is 12.4. The number of rotatable bonds is 8. The number of halogens is 1. The predicted molar refractivity (Wildman–Crippen MR) is 129 cm³/mol. The van der Waals surface area contributed by atoms with Crippen LogP contribution < -0.4 is 9.47 Å². The third-order valence-corrected chi connectivity index (χ3v) is 6.42. The van der Waals surface area contributed by atoms with Gasteiger partial charge in [0.2, 0.25) is 0 Å². The molecule has 0 saturated carbocycles. The number of benzene rings is 2. The molecule has 0 bridgehead atoms. The maximum absolute atomic E-state index is 12.5. The van der Waals surface area contributed by atoms with Crippen molar-refractivity contribution in [1.82, 2.24) is 4.90 Å². The Bertz CT molecular complexity index is 990. The number of hydrogen-bond acceptors (Lipinski definition) is 5. The van der Waals surface area contributed by atoms with Crippen LogP contribution in [0.2, 0.25) is 5.02 Å². The quantitative estimate of drug-likeness (QED) is 0.273. The monoisotopic (exact) mass is 461 g/mol. The summed E-state index contributed by atoms with van der Waals surface area (Å²) in [6.45, 7) is 7.64. The van der Waals surface area contributed by atoms with E-state index in [4.69, 9.17) is 33.3 Å². The summed E-state index contributed by atoms with van der Waals surface area (Å²) in [6.07, 6.45) is 2.52. The van der Waals surface area contributed by atoms with Gasteiger partial charge in [0.1, 0.15) is 15.8 Å². The first-order chi connectivity index (χ1) is 14.4. The minimum Gasteiger partial charge on any atom is -0.493 e. The molecule has 2 aromatic carbocycles. The summed E-state index contributed by atoms with van der Waals surface area (Å²) in [5.41, 5.74) is 3.13. The average molecular weight is 462 g/mol. The number of thioether (sulfide) groups is 1. The molecule has 1 saturated heterocycles. The molecule has 2 aromatic rings. The van der Waals surface area contributed by atoms with E-state index in [1.165, 1.54) is 17.3 Å². The average Bonchev–Trinajstić information content (AvgIpc) is 2.98. The summed E-state index contributed by atoms with van der Waals surface area (Å²) in [5, 5.41) is 0.581. The maximum atomic E-state index is 12.5. The van der Waals surface area contributed by atoms with Gasteiger partial charge in [-0.05, 0) is 62.2 Å². The van der Waals surface area contributed by atoms with Gasteiger partial charge in [0.15, 0.2) is 0 Å². The summed E-state index contributed by atoms with van der Waals surface area (Å²) in [7, 11) is 0. The Kier molecular flexibility index (Phi) is 7.81. The molecule has 0 aromatic heterocycles. The second-order valence-corrected chi connectivity index (χ2v) is 8.97. The molecule has 0 aliphatic carbocycles. The molecule has 0 spiro atoms. The van der Waals surface area contributed by atoms with E-state index in [1.54, 1.807) is 23.1 Å². The topological polar surface area (TPSA) is 38.8 Å². The highest BCUT2D eigenvalue weighted by atomic mass is 35.5. The Labute approximate surface area is 192 Å². The van der Waals surface area contributed by atoms with E-state index in [1.807, 2.05) is 25.1 Å². The van der Waals surface area contributed by atoms with Crippen molar-refractivity contribution in [1.29, 1.82) is 0 Å². The molecular weight excluding hydrogens is 438 g/mol. The van der Waals surface area contributed by atoms with E-state index in [2.05, 4.69) is 19.9 Å². The predicted octanol–water partition coefficient (Wildman–Crippen LogP) is 6.03. The van der Waals surface area contributed by atoms with Gasteiger partial charge in [0, 0.05) is 23.6 Å². The molecule has 1 fully saturated rings. The zero-order valence-corrected chi connectivity index (χ0v) is 19.6. The van der Waals surface area contributed by atoms with Crippen LogP contribution in [0.15, 0.2) is 41.3 Å². The van der Waals surface area contributed by atoms with Gasteiger partial charge >= 0.3 is 0 Å². The maximum Gasteiger partial charge on any atom is 0.266 e. The first-order valence-electron chi connectivity index (χ1n) is 9.77. The molecule has 30 heavy (non-hydrogen) atoms. The van der Waals surface area contributed by atoms with Crippen molar-refractivity contribution in [2.24, 2.45) is 0 Å². The van der Waals surface area contributed by atoms with E-state index < -0.39 is 0 Å². The van der Waals surface area contributed by atoms with Crippen LogP contribution in [-0.4, -0.2) is 34.9 Å². The van der Waals surface area contributed by atoms with E-state index in [9.17, 15) is 4.79 Å². The van der Waals surface area contributed by atoms with Crippen molar-refractivity contribution in [2.75, 3.05) is 19.8 Å². The number of aryl methyl sites for hydroxylation is 1. The van der Waals surface area contributed by atoms with E-state index >= 15 is 0 Å². The van der Waals surface area contributed by atoms with Crippen LogP contribution in [0.1, 0.15) is 30.0 Å². The van der Waals surface area contributed by atoms with Gasteiger partial charge in [0.25, 0.3) is 5.91 Å². The normalized spacial score (nSPS) is 15.2. The molecule has 4 nitrogen and oxygen atoms in total. The smallest absolute Gasteiger partial charge is 0.266 e. The lowest BCUT2D eigenvalue weighted by Gasteiger charge is -2.13. The molecular formula is C23H24ClNO3S2. The summed E-state index contributed by atoms with van der Waals surface area (Å²) in [5.74, 6) is 1.49. The van der Waals surface area contributed by atoms with Gasteiger partial charge < -0.3 is 9.47 Å². The fourth-order valence-corrected chi connectivity index (χ4v) is 4.54. The number of hydrogen-bond donors (Lipinski definition) is 0. The Morgan fingerprint density at radius 1 is 1.13 bits per heavy atom. The molecule has 0 radical (unpaired) electrons. The lowest BCUT2D eigenvalue weighted by Crippen LogP contribution is -2.27. The minimum atomic E-state index is -0.0830. The molecule has 1 aliphatic heterocycles. The summed E-state index contributed by atoms with van der Waals surface area (Å²) >= 11 is 12.7. The van der Waals surface area contributed by atoms with Crippen LogP contribution in [0, 0.1) is 13.8 Å². The fraction of sp³-hybridized carbons (Fsp3) is 0.304. The first kappa shape index (κ1) is 22.7. The molecule has 1 aliphatic rings. The Morgan fingerprint density at radius 2 is 1.87 bits per heavy atom. The summed E-state index contributed by atoms with van der Waals surface area (Å²) in [4.78, 5) is 14.7. The molecule has 0 atom stereocenters. The van der Waals surface area contributed by atoms with Gasteiger partial charge in [-0.2, -0.15) is 0 Å². The largest absolute Gasteiger partial charge is 0.493 e. The van der Waals surface area contributed by atoms with Gasteiger partial charge in [0.05, 0.1) is 18.1 Å². The highest BCUT2D eigenvalue weighted by molar-refractivity contribution is 8.26. The standard InChI is InChI=1S/C23H24ClNO3S2/c1-4-25-22(26)21(30-23(25)29)14-17-13-18(24)9-10-20(17)28-12-6-11-27-19-8-5-7-15(2)16(19)3/h5,7-10,13-14H,4,6,11-12H2,1-3H3. The van der Waals surface area contributed by atoms with Crippen molar-refractivity contribution in [3.8, 4) is 11.5 Å². The van der Waals surface area contributed by atoms with Crippen molar-refractivity contribution in [3.05, 3.63) is 63.0 Å². The van der Waals surface area contributed by atoms with Crippen molar-refractivity contribution >= 4 is 51.9 Å².